The van der Waals surface area contributed by atoms with Gasteiger partial charge >= 0.3 is 0 Å². The summed E-state index contributed by atoms with van der Waals surface area (Å²) in [6, 6.07) is 4.70. The average molecular weight is 234 g/mol. The second-order valence-corrected chi connectivity index (χ2v) is 3.84. The topological polar surface area (TPSA) is 55.9 Å². The summed E-state index contributed by atoms with van der Waals surface area (Å²) in [5, 5.41) is 7.40. The SMILES string of the molecule is CCc1nn(C)cc1Nc1cccc(F)c1N. The lowest BCUT2D eigenvalue weighted by Crippen LogP contribution is -1.99. The zero-order valence-corrected chi connectivity index (χ0v) is 9.87. The van der Waals surface area contributed by atoms with Crippen LogP contribution in [0.25, 0.3) is 0 Å². The van der Waals surface area contributed by atoms with Crippen LogP contribution in [-0.2, 0) is 13.5 Å². The molecule has 0 aliphatic rings. The van der Waals surface area contributed by atoms with Crippen LogP contribution in [0.4, 0.5) is 21.5 Å². The molecular formula is C12H15FN4. The van der Waals surface area contributed by atoms with Crippen LogP contribution in [0, 0.1) is 5.82 Å². The molecular weight excluding hydrogens is 219 g/mol. The number of nitrogens with zero attached hydrogens (tertiary/aromatic N) is 2. The standard InChI is InChI=1S/C12H15FN4/c1-3-9-11(7-17(2)16-9)15-10-6-4-5-8(13)12(10)14/h4-7,15H,3,14H2,1-2H3. The van der Waals surface area contributed by atoms with E-state index in [-0.39, 0.29) is 5.69 Å². The first-order valence-corrected chi connectivity index (χ1v) is 5.45. The van der Waals surface area contributed by atoms with E-state index in [0.717, 1.165) is 17.8 Å². The Morgan fingerprint density at radius 3 is 2.88 bits per heavy atom. The number of anilines is 3. The lowest BCUT2D eigenvalue weighted by Gasteiger charge is -2.08. The fourth-order valence-electron chi connectivity index (χ4n) is 1.69. The molecule has 0 saturated heterocycles. The number of aryl methyl sites for hydroxylation is 2. The van der Waals surface area contributed by atoms with E-state index < -0.39 is 5.82 Å². The van der Waals surface area contributed by atoms with Gasteiger partial charge in [0, 0.05) is 13.2 Å². The highest BCUT2D eigenvalue weighted by Gasteiger charge is 2.09. The normalized spacial score (nSPS) is 10.5. The van der Waals surface area contributed by atoms with Gasteiger partial charge in [0.2, 0.25) is 0 Å². The number of hydrogen-bond donors (Lipinski definition) is 2. The van der Waals surface area contributed by atoms with E-state index >= 15 is 0 Å². The zero-order chi connectivity index (χ0) is 12.4. The van der Waals surface area contributed by atoms with E-state index in [4.69, 9.17) is 5.73 Å². The van der Waals surface area contributed by atoms with Crippen molar-refractivity contribution in [2.24, 2.45) is 7.05 Å². The van der Waals surface area contributed by atoms with Crippen molar-refractivity contribution in [1.29, 1.82) is 0 Å². The molecule has 0 bridgehead atoms. The second-order valence-electron chi connectivity index (χ2n) is 3.84. The molecule has 3 N–H and O–H groups in total. The highest BCUT2D eigenvalue weighted by molar-refractivity contribution is 5.73. The molecule has 17 heavy (non-hydrogen) atoms. The Morgan fingerprint density at radius 1 is 1.41 bits per heavy atom. The summed E-state index contributed by atoms with van der Waals surface area (Å²) < 4.78 is 15.0. The Kier molecular flexibility index (Phi) is 2.99. The number of hydrogen-bond acceptors (Lipinski definition) is 3. The van der Waals surface area contributed by atoms with Crippen LogP contribution in [0.3, 0.4) is 0 Å². The minimum Gasteiger partial charge on any atom is -0.395 e. The van der Waals surface area contributed by atoms with Gasteiger partial charge in [0.15, 0.2) is 0 Å². The minimum atomic E-state index is -0.420. The zero-order valence-electron chi connectivity index (χ0n) is 9.87. The molecule has 4 nitrogen and oxygen atoms in total. The van der Waals surface area contributed by atoms with Gasteiger partial charge in [-0.25, -0.2) is 4.39 Å². The van der Waals surface area contributed by atoms with Gasteiger partial charge in [0.05, 0.1) is 22.8 Å². The van der Waals surface area contributed by atoms with E-state index in [1.165, 1.54) is 6.07 Å². The highest BCUT2D eigenvalue weighted by Crippen LogP contribution is 2.26. The van der Waals surface area contributed by atoms with Crippen LogP contribution in [0.1, 0.15) is 12.6 Å². The maximum atomic E-state index is 13.3. The van der Waals surface area contributed by atoms with Crippen LogP contribution >= 0.6 is 0 Å². The third-order valence-electron chi connectivity index (χ3n) is 2.56. The van der Waals surface area contributed by atoms with Gasteiger partial charge < -0.3 is 11.1 Å². The first-order valence-electron chi connectivity index (χ1n) is 5.45. The molecule has 0 atom stereocenters. The van der Waals surface area contributed by atoms with Gasteiger partial charge in [-0.1, -0.05) is 13.0 Å². The summed E-state index contributed by atoms with van der Waals surface area (Å²) in [7, 11) is 1.85. The molecule has 1 aromatic heterocycles. The van der Waals surface area contributed by atoms with Crippen molar-refractivity contribution in [2.45, 2.75) is 13.3 Å². The molecule has 1 aromatic carbocycles. The summed E-state index contributed by atoms with van der Waals surface area (Å²) in [6.07, 6.45) is 2.65. The van der Waals surface area contributed by atoms with E-state index in [0.29, 0.717) is 5.69 Å². The third-order valence-corrected chi connectivity index (χ3v) is 2.56. The summed E-state index contributed by atoms with van der Waals surface area (Å²) >= 11 is 0. The van der Waals surface area contributed by atoms with E-state index in [9.17, 15) is 4.39 Å². The van der Waals surface area contributed by atoms with Gasteiger partial charge in [0.25, 0.3) is 0 Å². The Morgan fingerprint density at radius 2 is 2.18 bits per heavy atom. The van der Waals surface area contributed by atoms with Crippen molar-refractivity contribution in [3.63, 3.8) is 0 Å². The Balaban J connectivity index is 2.34. The number of rotatable bonds is 3. The molecule has 0 spiro atoms. The molecule has 2 rings (SSSR count). The van der Waals surface area contributed by atoms with Crippen molar-refractivity contribution >= 4 is 17.1 Å². The molecule has 5 heteroatoms. The number of aromatic nitrogens is 2. The van der Waals surface area contributed by atoms with Gasteiger partial charge in [-0.05, 0) is 18.6 Å². The largest absolute Gasteiger partial charge is 0.395 e. The van der Waals surface area contributed by atoms with Crippen LogP contribution in [0.15, 0.2) is 24.4 Å². The molecule has 0 radical (unpaired) electrons. The van der Waals surface area contributed by atoms with Crippen molar-refractivity contribution in [1.82, 2.24) is 9.78 Å². The molecule has 2 aromatic rings. The molecule has 0 aliphatic carbocycles. The lowest BCUT2D eigenvalue weighted by atomic mass is 10.2. The van der Waals surface area contributed by atoms with Crippen molar-refractivity contribution in [3.8, 4) is 0 Å². The molecule has 0 aliphatic heterocycles. The summed E-state index contributed by atoms with van der Waals surface area (Å²) in [6.45, 7) is 2.02. The minimum absolute atomic E-state index is 0.124. The molecule has 90 valence electrons. The molecule has 0 unspecified atom stereocenters. The van der Waals surface area contributed by atoms with Gasteiger partial charge in [-0.15, -0.1) is 0 Å². The number of nitrogens with two attached hydrogens (primary N) is 1. The smallest absolute Gasteiger partial charge is 0.148 e. The predicted molar refractivity (Wildman–Crippen MR) is 66.7 cm³/mol. The van der Waals surface area contributed by atoms with Crippen LogP contribution in [-0.4, -0.2) is 9.78 Å². The number of benzene rings is 1. The first kappa shape index (κ1) is 11.4. The molecule has 1 heterocycles. The summed E-state index contributed by atoms with van der Waals surface area (Å²) in [5.74, 6) is -0.420. The maximum Gasteiger partial charge on any atom is 0.148 e. The van der Waals surface area contributed by atoms with Crippen molar-refractivity contribution in [2.75, 3.05) is 11.1 Å². The van der Waals surface area contributed by atoms with Gasteiger partial charge in [-0.2, -0.15) is 5.10 Å². The van der Waals surface area contributed by atoms with Crippen LogP contribution in [0.5, 0.6) is 0 Å². The number of nitrogen functional groups attached to an aromatic ring is 1. The number of para-hydroxylation sites is 1. The molecule has 0 fully saturated rings. The molecule has 0 amide bonds. The Hall–Kier alpha value is -2.04. The van der Waals surface area contributed by atoms with Crippen molar-refractivity contribution in [3.05, 3.63) is 35.9 Å². The maximum absolute atomic E-state index is 13.3. The quantitative estimate of drug-likeness (QED) is 0.802. The fraction of sp³-hybridized carbons (Fsp3) is 0.250. The van der Waals surface area contributed by atoms with E-state index in [2.05, 4.69) is 10.4 Å². The number of nitrogens with one attached hydrogen (secondary N) is 1. The van der Waals surface area contributed by atoms with Crippen LogP contribution in [0.2, 0.25) is 0 Å². The Bertz CT molecular complexity index is 533. The lowest BCUT2D eigenvalue weighted by molar-refractivity contribution is 0.633. The highest BCUT2D eigenvalue weighted by atomic mass is 19.1. The first-order chi connectivity index (χ1) is 8.11. The van der Waals surface area contributed by atoms with Gasteiger partial charge in [0.1, 0.15) is 5.82 Å². The monoisotopic (exact) mass is 234 g/mol. The number of halogens is 1. The Labute approximate surface area is 99.2 Å². The summed E-state index contributed by atoms with van der Waals surface area (Å²) in [4.78, 5) is 0. The van der Waals surface area contributed by atoms with Gasteiger partial charge in [-0.3, -0.25) is 4.68 Å². The fourth-order valence-corrected chi connectivity index (χ4v) is 1.69. The predicted octanol–water partition coefficient (Wildman–Crippen LogP) is 2.45. The van der Waals surface area contributed by atoms with Crippen LogP contribution < -0.4 is 11.1 Å². The molecule has 0 saturated carbocycles. The average Bonchev–Trinajstić information content (AvgIpc) is 2.65. The van der Waals surface area contributed by atoms with E-state index in [1.807, 2.05) is 20.2 Å². The third kappa shape index (κ3) is 2.22. The summed E-state index contributed by atoms with van der Waals surface area (Å²) in [5.41, 5.74) is 8.13. The second kappa shape index (κ2) is 4.45. The van der Waals surface area contributed by atoms with E-state index in [1.54, 1.807) is 16.8 Å². The van der Waals surface area contributed by atoms with Crippen molar-refractivity contribution < 1.29 is 4.39 Å².